The van der Waals surface area contributed by atoms with Crippen molar-refractivity contribution < 1.29 is 22.7 Å². The zero-order chi connectivity index (χ0) is 23.0. The summed E-state index contributed by atoms with van der Waals surface area (Å²) in [5.74, 6) is 2.09. The maximum absolute atomic E-state index is 13.8. The van der Waals surface area contributed by atoms with Gasteiger partial charge in [0.2, 0.25) is 0 Å². The molecule has 0 unspecified atom stereocenters. The minimum Gasteiger partial charge on any atom is -0.497 e. The van der Waals surface area contributed by atoms with Crippen LogP contribution in [-0.4, -0.2) is 33.2 Å². The van der Waals surface area contributed by atoms with Gasteiger partial charge in [-0.25, -0.2) is 9.50 Å². The van der Waals surface area contributed by atoms with E-state index in [1.54, 1.807) is 32.0 Å². The smallest absolute Gasteiger partial charge is 0.433 e. The lowest BCUT2D eigenvalue weighted by Crippen LogP contribution is -2.44. The molecule has 2 heterocycles. The minimum atomic E-state index is -4.78. The van der Waals surface area contributed by atoms with Crippen molar-refractivity contribution in [2.24, 2.45) is 0 Å². The molecular weight excluding hydrogens is 433 g/mol. The van der Waals surface area contributed by atoms with Crippen LogP contribution in [0.1, 0.15) is 36.5 Å². The van der Waals surface area contributed by atoms with Gasteiger partial charge in [0.1, 0.15) is 10.8 Å². The third-order valence-electron chi connectivity index (χ3n) is 4.82. The Bertz CT molecular complexity index is 1200. The number of nitrogens with zero attached hydrogens (tertiary/aromatic N) is 3. The molecule has 1 N–H and O–H groups in total. The molecular formula is C21H18ClF3N4O2. The van der Waals surface area contributed by atoms with Crippen LogP contribution in [0.15, 0.2) is 30.3 Å². The van der Waals surface area contributed by atoms with Gasteiger partial charge in [-0.15, -0.1) is 6.42 Å². The number of nitrogens with one attached hydrogen (secondary N) is 1. The highest BCUT2D eigenvalue weighted by atomic mass is 35.5. The molecule has 6 nitrogen and oxygen atoms in total. The number of benzene rings is 1. The molecule has 0 aliphatic heterocycles. The molecule has 0 radical (unpaired) electrons. The van der Waals surface area contributed by atoms with Gasteiger partial charge >= 0.3 is 6.18 Å². The quantitative estimate of drug-likeness (QED) is 0.576. The number of rotatable bonds is 5. The van der Waals surface area contributed by atoms with Crippen LogP contribution in [0.5, 0.6) is 5.75 Å². The summed E-state index contributed by atoms with van der Waals surface area (Å²) in [6.07, 6.45) is 1.06. The first-order valence-electron chi connectivity index (χ1n) is 9.14. The van der Waals surface area contributed by atoms with Crippen LogP contribution in [0.4, 0.5) is 13.2 Å². The van der Waals surface area contributed by atoms with Crippen LogP contribution in [0.25, 0.3) is 16.9 Å². The number of aromatic nitrogens is 3. The molecule has 162 valence electrons. The molecule has 3 rings (SSSR count). The largest absolute Gasteiger partial charge is 0.497 e. The Morgan fingerprint density at radius 1 is 1.35 bits per heavy atom. The second-order valence-electron chi connectivity index (χ2n) is 6.94. The van der Waals surface area contributed by atoms with E-state index in [4.69, 9.17) is 22.8 Å². The number of carbonyl (C=O) groups is 1. The molecule has 31 heavy (non-hydrogen) atoms. The summed E-state index contributed by atoms with van der Waals surface area (Å²) in [6, 6.07) is 7.23. The van der Waals surface area contributed by atoms with E-state index in [9.17, 15) is 18.0 Å². The number of hydrogen-bond donors (Lipinski definition) is 1. The number of carbonyl (C=O) groups excluding carboxylic acids is 1. The fourth-order valence-corrected chi connectivity index (χ4v) is 3.05. The Morgan fingerprint density at radius 3 is 2.65 bits per heavy atom. The Hall–Kier alpha value is -3.25. The number of terminal acetylenes is 1. The molecule has 0 fully saturated rings. The highest BCUT2D eigenvalue weighted by Crippen LogP contribution is 2.35. The summed E-state index contributed by atoms with van der Waals surface area (Å²) in [4.78, 5) is 16.9. The van der Waals surface area contributed by atoms with Crippen molar-refractivity contribution in [1.29, 1.82) is 0 Å². The molecule has 0 saturated carbocycles. The third kappa shape index (κ3) is 4.30. The minimum absolute atomic E-state index is 0.00509. The summed E-state index contributed by atoms with van der Waals surface area (Å²) >= 11 is 6.26. The van der Waals surface area contributed by atoms with Gasteiger partial charge < -0.3 is 10.1 Å². The summed E-state index contributed by atoms with van der Waals surface area (Å²) in [5.41, 5.74) is -2.49. The molecule has 0 aliphatic rings. The molecule has 1 aromatic carbocycles. The van der Waals surface area contributed by atoms with Crippen molar-refractivity contribution in [3.8, 4) is 29.4 Å². The van der Waals surface area contributed by atoms with E-state index in [0.717, 1.165) is 6.07 Å². The van der Waals surface area contributed by atoms with Gasteiger partial charge in [0.15, 0.2) is 17.0 Å². The maximum Gasteiger partial charge on any atom is 0.433 e. The van der Waals surface area contributed by atoms with Gasteiger partial charge in [-0.1, -0.05) is 36.6 Å². The Kier molecular flexibility index (Phi) is 5.87. The Labute approximate surface area is 181 Å². The number of halogens is 4. The third-order valence-corrected chi connectivity index (χ3v) is 5.17. The van der Waals surface area contributed by atoms with E-state index < -0.39 is 29.0 Å². The van der Waals surface area contributed by atoms with Crippen molar-refractivity contribution in [2.45, 2.75) is 32.0 Å². The highest BCUT2D eigenvalue weighted by molar-refractivity contribution is 6.36. The summed E-state index contributed by atoms with van der Waals surface area (Å²) in [7, 11) is 1.44. The first kappa shape index (κ1) is 22.4. The highest BCUT2D eigenvalue weighted by Gasteiger charge is 2.37. The molecule has 1 amide bonds. The van der Waals surface area contributed by atoms with Crippen molar-refractivity contribution in [1.82, 2.24) is 19.9 Å². The van der Waals surface area contributed by atoms with Gasteiger partial charge in [0, 0.05) is 5.56 Å². The Morgan fingerprint density at radius 2 is 2.06 bits per heavy atom. The molecule has 0 aliphatic carbocycles. The van der Waals surface area contributed by atoms with Crippen molar-refractivity contribution >= 4 is 23.2 Å². The molecule has 3 aromatic rings. The van der Waals surface area contributed by atoms with Gasteiger partial charge in [-0.05, 0) is 31.5 Å². The SMILES string of the molecule is C#C[C@](C)(CC)NC(=O)c1nn2c(C(F)(F)F)cc(-c3cccc(OC)c3)nc2c1Cl. The van der Waals surface area contributed by atoms with E-state index in [0.29, 0.717) is 22.2 Å². The number of alkyl halides is 3. The lowest BCUT2D eigenvalue weighted by atomic mass is 10.0. The Balaban J connectivity index is 2.21. The van der Waals surface area contributed by atoms with Crippen LogP contribution < -0.4 is 10.1 Å². The monoisotopic (exact) mass is 450 g/mol. The summed E-state index contributed by atoms with van der Waals surface area (Å²) in [5, 5.41) is 6.05. The second kappa shape index (κ2) is 8.12. The summed E-state index contributed by atoms with van der Waals surface area (Å²) < 4.78 is 47.0. The van der Waals surface area contributed by atoms with Crippen LogP contribution >= 0.6 is 11.6 Å². The van der Waals surface area contributed by atoms with E-state index >= 15 is 0 Å². The summed E-state index contributed by atoms with van der Waals surface area (Å²) in [6.45, 7) is 3.37. The number of ether oxygens (including phenoxy) is 1. The molecule has 10 heteroatoms. The fourth-order valence-electron chi connectivity index (χ4n) is 2.81. The lowest BCUT2D eigenvalue weighted by Gasteiger charge is -2.22. The van der Waals surface area contributed by atoms with Crippen molar-refractivity contribution in [2.75, 3.05) is 7.11 Å². The van der Waals surface area contributed by atoms with Gasteiger partial charge in [-0.3, -0.25) is 4.79 Å². The second-order valence-corrected chi connectivity index (χ2v) is 7.32. The average molecular weight is 451 g/mol. The zero-order valence-corrected chi connectivity index (χ0v) is 17.6. The van der Waals surface area contributed by atoms with E-state index in [-0.39, 0.29) is 16.4 Å². The molecule has 0 saturated heterocycles. The van der Waals surface area contributed by atoms with Gasteiger partial charge in [-0.2, -0.15) is 18.3 Å². The standard InChI is InChI=1S/C21H18ClF3N4O2/c1-5-20(3,6-2)27-19(30)17-16(22)18-26-14(12-8-7-9-13(10-12)31-4)11-15(21(23,24)25)29(18)28-17/h1,7-11H,6H2,2-4H3,(H,27,30)/t20-/m1/s1. The van der Waals surface area contributed by atoms with Crippen LogP contribution in [-0.2, 0) is 6.18 Å². The number of amides is 1. The first-order valence-corrected chi connectivity index (χ1v) is 9.52. The van der Waals surface area contributed by atoms with Crippen LogP contribution in [0.2, 0.25) is 5.02 Å². The molecule has 1 atom stereocenters. The zero-order valence-electron chi connectivity index (χ0n) is 16.8. The topological polar surface area (TPSA) is 68.5 Å². The number of fused-ring (bicyclic) bond motifs is 1. The van der Waals surface area contributed by atoms with Gasteiger partial charge in [0.25, 0.3) is 5.91 Å². The maximum atomic E-state index is 13.8. The van der Waals surface area contributed by atoms with Crippen molar-refractivity contribution in [3.05, 3.63) is 46.7 Å². The molecule has 0 bridgehead atoms. The average Bonchev–Trinajstić information content (AvgIpc) is 3.09. The first-order chi connectivity index (χ1) is 14.5. The molecule has 2 aromatic heterocycles. The van der Waals surface area contributed by atoms with E-state index in [1.807, 2.05) is 0 Å². The normalized spacial score (nSPS) is 13.5. The molecule has 0 spiro atoms. The van der Waals surface area contributed by atoms with E-state index in [2.05, 4.69) is 21.3 Å². The number of hydrogen-bond acceptors (Lipinski definition) is 4. The number of methoxy groups -OCH3 is 1. The predicted molar refractivity (Wildman–Crippen MR) is 110 cm³/mol. The van der Waals surface area contributed by atoms with Crippen molar-refractivity contribution in [3.63, 3.8) is 0 Å². The van der Waals surface area contributed by atoms with Gasteiger partial charge in [0.05, 0.1) is 18.3 Å². The van der Waals surface area contributed by atoms with Crippen LogP contribution in [0.3, 0.4) is 0 Å². The fraction of sp³-hybridized carbons (Fsp3) is 0.286. The lowest BCUT2D eigenvalue weighted by molar-refractivity contribution is -0.142. The van der Waals surface area contributed by atoms with E-state index in [1.165, 1.54) is 13.2 Å². The van der Waals surface area contributed by atoms with Crippen LogP contribution in [0, 0.1) is 12.3 Å². The predicted octanol–water partition coefficient (Wildman–Crippen LogP) is 4.61.